The molecular formula is C31H37N3O3. The third kappa shape index (κ3) is 6.70. The van der Waals surface area contributed by atoms with Crippen molar-refractivity contribution < 1.29 is 14.7 Å². The minimum Gasteiger partial charge on any atom is -0.478 e. The Bertz CT molecular complexity index is 1230. The van der Waals surface area contributed by atoms with E-state index < -0.39 is 5.97 Å². The second-order valence-corrected chi connectivity index (χ2v) is 10.1. The molecule has 0 radical (unpaired) electrons. The molecular weight excluding hydrogens is 462 g/mol. The molecule has 0 aromatic heterocycles. The summed E-state index contributed by atoms with van der Waals surface area (Å²) >= 11 is 0. The molecule has 37 heavy (non-hydrogen) atoms. The quantitative estimate of drug-likeness (QED) is 0.238. The standard InChI is InChI=1S/C31H37N3O3/c1-3-4-18-31(19-8-5-9-20-31)34-27-17-14-23(25-10-6-7-11-26(25)29(35)36)21-28(27)33-30(37)32-24-15-12-22(2)13-16-24/h6-7,10-17,21,34H,3-5,8-9,18-20H2,1-2H3,(H,35,36)(H2,32,33,37). The minimum atomic E-state index is -0.981. The lowest BCUT2D eigenvalue weighted by atomic mass is 9.78. The van der Waals surface area contributed by atoms with Gasteiger partial charge in [-0.2, -0.15) is 0 Å². The number of carboxylic acid groups (broad SMARTS) is 1. The van der Waals surface area contributed by atoms with Gasteiger partial charge in [0.25, 0.3) is 0 Å². The third-order valence-electron chi connectivity index (χ3n) is 7.27. The zero-order chi connectivity index (χ0) is 26.3. The van der Waals surface area contributed by atoms with Crippen LogP contribution in [-0.4, -0.2) is 22.6 Å². The van der Waals surface area contributed by atoms with Gasteiger partial charge >= 0.3 is 12.0 Å². The van der Waals surface area contributed by atoms with Crippen LogP contribution in [0.15, 0.2) is 66.7 Å². The lowest BCUT2D eigenvalue weighted by Gasteiger charge is -2.40. The normalized spacial score (nSPS) is 14.5. The number of carbonyl (C=O) groups is 2. The molecule has 3 aromatic carbocycles. The first-order valence-electron chi connectivity index (χ1n) is 13.3. The summed E-state index contributed by atoms with van der Waals surface area (Å²) in [5, 5.41) is 19.5. The molecule has 0 spiro atoms. The molecule has 0 aliphatic heterocycles. The molecule has 4 rings (SSSR count). The number of anilines is 3. The minimum absolute atomic E-state index is 0.00138. The highest BCUT2D eigenvalue weighted by Crippen LogP contribution is 2.39. The van der Waals surface area contributed by atoms with Crippen molar-refractivity contribution in [3.05, 3.63) is 77.9 Å². The molecule has 0 atom stereocenters. The predicted molar refractivity (Wildman–Crippen MR) is 152 cm³/mol. The SMILES string of the molecule is CCCCC1(Nc2ccc(-c3ccccc3C(=O)O)cc2NC(=O)Nc2ccc(C)cc2)CCCCC1. The lowest BCUT2D eigenvalue weighted by Crippen LogP contribution is -2.40. The molecule has 0 unspecified atom stereocenters. The van der Waals surface area contributed by atoms with E-state index in [1.807, 2.05) is 55.5 Å². The average molecular weight is 500 g/mol. The van der Waals surface area contributed by atoms with Crippen LogP contribution in [0.3, 0.4) is 0 Å². The first kappa shape index (κ1) is 26.3. The van der Waals surface area contributed by atoms with Gasteiger partial charge in [0.05, 0.1) is 16.9 Å². The van der Waals surface area contributed by atoms with Crippen molar-refractivity contribution in [3.8, 4) is 11.1 Å². The number of rotatable bonds is 9. The van der Waals surface area contributed by atoms with Gasteiger partial charge in [-0.3, -0.25) is 0 Å². The van der Waals surface area contributed by atoms with Crippen LogP contribution in [0.5, 0.6) is 0 Å². The summed E-state index contributed by atoms with van der Waals surface area (Å²) in [4.78, 5) is 24.9. The molecule has 0 bridgehead atoms. The molecule has 3 aromatic rings. The molecule has 2 amide bonds. The van der Waals surface area contributed by atoms with E-state index in [0.29, 0.717) is 16.9 Å². The smallest absolute Gasteiger partial charge is 0.336 e. The number of unbranched alkanes of at least 4 members (excludes halogenated alkanes) is 1. The van der Waals surface area contributed by atoms with E-state index >= 15 is 0 Å². The summed E-state index contributed by atoms with van der Waals surface area (Å²) in [5.74, 6) is -0.981. The van der Waals surface area contributed by atoms with E-state index in [9.17, 15) is 14.7 Å². The van der Waals surface area contributed by atoms with Gasteiger partial charge < -0.3 is 21.1 Å². The van der Waals surface area contributed by atoms with Crippen LogP contribution in [0.2, 0.25) is 0 Å². The van der Waals surface area contributed by atoms with Gasteiger partial charge in [0.2, 0.25) is 0 Å². The van der Waals surface area contributed by atoms with E-state index in [2.05, 4.69) is 22.9 Å². The lowest BCUT2D eigenvalue weighted by molar-refractivity contribution is 0.0697. The summed E-state index contributed by atoms with van der Waals surface area (Å²) in [5.41, 5.74) is 4.88. The zero-order valence-corrected chi connectivity index (χ0v) is 21.8. The van der Waals surface area contributed by atoms with E-state index in [1.165, 1.54) is 19.3 Å². The molecule has 1 fully saturated rings. The fraction of sp³-hybridized carbons (Fsp3) is 0.355. The number of carboxylic acids is 1. The van der Waals surface area contributed by atoms with Gasteiger partial charge in [-0.25, -0.2) is 9.59 Å². The monoisotopic (exact) mass is 499 g/mol. The fourth-order valence-corrected chi connectivity index (χ4v) is 5.23. The first-order valence-corrected chi connectivity index (χ1v) is 13.3. The summed E-state index contributed by atoms with van der Waals surface area (Å²) in [7, 11) is 0. The van der Waals surface area contributed by atoms with E-state index in [4.69, 9.17) is 0 Å². The Balaban J connectivity index is 1.68. The molecule has 0 heterocycles. The number of hydrogen-bond donors (Lipinski definition) is 4. The van der Waals surface area contributed by atoms with Crippen molar-refractivity contribution in [2.75, 3.05) is 16.0 Å². The number of nitrogens with one attached hydrogen (secondary N) is 3. The second kappa shape index (κ2) is 12.0. The van der Waals surface area contributed by atoms with Crippen LogP contribution in [0.25, 0.3) is 11.1 Å². The average Bonchev–Trinajstić information content (AvgIpc) is 2.90. The van der Waals surface area contributed by atoms with E-state index in [-0.39, 0.29) is 17.1 Å². The highest BCUT2D eigenvalue weighted by Gasteiger charge is 2.32. The highest BCUT2D eigenvalue weighted by atomic mass is 16.4. The van der Waals surface area contributed by atoms with Crippen molar-refractivity contribution in [1.82, 2.24) is 0 Å². The Morgan fingerprint density at radius 2 is 1.62 bits per heavy atom. The number of amides is 2. The maximum Gasteiger partial charge on any atom is 0.336 e. The summed E-state index contributed by atoms with van der Waals surface area (Å²) in [6.45, 7) is 4.22. The fourth-order valence-electron chi connectivity index (χ4n) is 5.23. The van der Waals surface area contributed by atoms with Crippen LogP contribution in [-0.2, 0) is 0 Å². The van der Waals surface area contributed by atoms with Gasteiger partial charge in [-0.15, -0.1) is 0 Å². The number of urea groups is 1. The Morgan fingerprint density at radius 1 is 0.892 bits per heavy atom. The van der Waals surface area contributed by atoms with Crippen molar-refractivity contribution in [1.29, 1.82) is 0 Å². The van der Waals surface area contributed by atoms with Crippen LogP contribution in [0.1, 0.15) is 74.2 Å². The number of aryl methyl sites for hydroxylation is 1. The Hall–Kier alpha value is -3.80. The highest BCUT2D eigenvalue weighted by molar-refractivity contribution is 6.03. The van der Waals surface area contributed by atoms with Crippen molar-refractivity contribution in [2.24, 2.45) is 0 Å². The molecule has 4 N–H and O–H groups in total. The summed E-state index contributed by atoms with van der Waals surface area (Å²) < 4.78 is 0. The Morgan fingerprint density at radius 3 is 2.32 bits per heavy atom. The third-order valence-corrected chi connectivity index (χ3v) is 7.27. The van der Waals surface area contributed by atoms with Gasteiger partial charge in [-0.1, -0.05) is 81.0 Å². The largest absolute Gasteiger partial charge is 0.478 e. The second-order valence-electron chi connectivity index (χ2n) is 10.1. The maximum atomic E-state index is 13.0. The molecule has 6 heteroatoms. The van der Waals surface area contributed by atoms with Gasteiger partial charge in [0.1, 0.15) is 0 Å². The van der Waals surface area contributed by atoms with Crippen LogP contribution < -0.4 is 16.0 Å². The summed E-state index contributed by atoms with van der Waals surface area (Å²) in [6.07, 6.45) is 9.21. The first-order chi connectivity index (χ1) is 17.9. The number of benzene rings is 3. The maximum absolute atomic E-state index is 13.0. The topological polar surface area (TPSA) is 90.5 Å². The Kier molecular flexibility index (Phi) is 8.49. The van der Waals surface area contributed by atoms with Crippen molar-refractivity contribution in [3.63, 3.8) is 0 Å². The molecule has 6 nitrogen and oxygen atoms in total. The molecule has 0 saturated heterocycles. The van der Waals surface area contributed by atoms with Crippen molar-refractivity contribution in [2.45, 2.75) is 70.8 Å². The Labute approximate surface area is 219 Å². The number of aromatic carboxylic acids is 1. The van der Waals surface area contributed by atoms with Gasteiger partial charge in [-0.05, 0) is 67.6 Å². The molecule has 1 aliphatic rings. The predicted octanol–water partition coefficient (Wildman–Crippen LogP) is 8.31. The number of carbonyl (C=O) groups excluding carboxylic acids is 1. The van der Waals surface area contributed by atoms with Gasteiger partial charge in [0.15, 0.2) is 0 Å². The summed E-state index contributed by atoms with van der Waals surface area (Å²) in [6, 6.07) is 20.0. The van der Waals surface area contributed by atoms with Crippen LogP contribution >= 0.6 is 0 Å². The van der Waals surface area contributed by atoms with Crippen LogP contribution in [0, 0.1) is 6.92 Å². The zero-order valence-electron chi connectivity index (χ0n) is 21.8. The van der Waals surface area contributed by atoms with Crippen molar-refractivity contribution >= 4 is 29.1 Å². The molecule has 194 valence electrons. The molecule has 1 aliphatic carbocycles. The van der Waals surface area contributed by atoms with Gasteiger partial charge in [0, 0.05) is 11.2 Å². The van der Waals surface area contributed by atoms with E-state index in [1.54, 1.807) is 18.2 Å². The molecule has 1 saturated carbocycles. The van der Waals surface area contributed by atoms with Crippen LogP contribution in [0.4, 0.5) is 21.9 Å². The van der Waals surface area contributed by atoms with E-state index in [0.717, 1.165) is 48.9 Å². The number of hydrogen-bond acceptors (Lipinski definition) is 3.